The fraction of sp³-hybridized carbons (Fsp3) is 0.357. The first-order chi connectivity index (χ1) is 9.27. The molecule has 0 unspecified atom stereocenters. The molecule has 0 aliphatic heterocycles. The van der Waals surface area contributed by atoms with Crippen molar-refractivity contribution >= 4 is 28.1 Å². The number of nitrogen functional groups attached to an aromatic ring is 1. The third-order valence-corrected chi connectivity index (χ3v) is 3.74. The maximum atomic E-state index is 11.9. The monoisotopic (exact) mass is 290 g/mol. The third-order valence-electron chi connectivity index (χ3n) is 2.85. The third kappa shape index (κ3) is 3.14. The van der Waals surface area contributed by atoms with E-state index in [4.69, 9.17) is 5.73 Å². The first-order valence-electron chi connectivity index (χ1n) is 6.29. The normalized spacial score (nSPS) is 11.4. The lowest BCUT2D eigenvalue weighted by Gasteiger charge is -2.15. The first kappa shape index (κ1) is 14.5. The van der Waals surface area contributed by atoms with E-state index >= 15 is 0 Å². The van der Waals surface area contributed by atoms with Crippen molar-refractivity contribution in [1.82, 2.24) is 10.2 Å². The van der Waals surface area contributed by atoms with Gasteiger partial charge in [-0.3, -0.25) is 4.79 Å². The number of aromatic nitrogens is 2. The standard InChI is InChI=1S/C14H18N4OS/c1-8-5-6-9(7-10(8)15)11-17-18-13(20-11)16-12(19)14(2,3)4/h5-7H,15H2,1-4H3,(H,16,18,19). The highest BCUT2D eigenvalue weighted by Crippen LogP contribution is 2.29. The number of benzene rings is 1. The minimum absolute atomic E-state index is 0.0800. The molecule has 1 heterocycles. The molecule has 0 aliphatic carbocycles. The molecule has 0 radical (unpaired) electrons. The maximum Gasteiger partial charge on any atom is 0.231 e. The van der Waals surface area contributed by atoms with Gasteiger partial charge in [0, 0.05) is 16.7 Å². The summed E-state index contributed by atoms with van der Waals surface area (Å²) >= 11 is 1.34. The second-order valence-electron chi connectivity index (χ2n) is 5.69. The summed E-state index contributed by atoms with van der Waals surface area (Å²) in [5, 5.41) is 12.1. The zero-order valence-corrected chi connectivity index (χ0v) is 12.8. The summed E-state index contributed by atoms with van der Waals surface area (Å²) < 4.78 is 0. The molecule has 6 heteroatoms. The van der Waals surface area contributed by atoms with Crippen LogP contribution in [0.5, 0.6) is 0 Å². The predicted octanol–water partition coefficient (Wildman–Crippen LogP) is 3.08. The van der Waals surface area contributed by atoms with Gasteiger partial charge in [0.2, 0.25) is 11.0 Å². The summed E-state index contributed by atoms with van der Waals surface area (Å²) in [7, 11) is 0. The first-order valence-corrected chi connectivity index (χ1v) is 7.10. The Kier molecular flexibility index (Phi) is 3.76. The lowest BCUT2D eigenvalue weighted by molar-refractivity contribution is -0.123. The second kappa shape index (κ2) is 5.20. The van der Waals surface area contributed by atoms with Crippen molar-refractivity contribution in [2.45, 2.75) is 27.7 Å². The van der Waals surface area contributed by atoms with Gasteiger partial charge in [0.15, 0.2) is 0 Å². The molecular formula is C14H18N4OS. The number of nitrogens with one attached hydrogen (secondary N) is 1. The van der Waals surface area contributed by atoms with Gasteiger partial charge in [-0.2, -0.15) is 0 Å². The molecule has 20 heavy (non-hydrogen) atoms. The van der Waals surface area contributed by atoms with Crippen LogP contribution in [0, 0.1) is 12.3 Å². The molecule has 106 valence electrons. The largest absolute Gasteiger partial charge is 0.398 e. The Morgan fingerprint density at radius 3 is 2.60 bits per heavy atom. The van der Waals surface area contributed by atoms with Crippen LogP contribution in [-0.4, -0.2) is 16.1 Å². The van der Waals surface area contributed by atoms with Gasteiger partial charge in [0.25, 0.3) is 0 Å². The Bertz CT molecular complexity index is 643. The molecule has 1 amide bonds. The minimum Gasteiger partial charge on any atom is -0.398 e. The van der Waals surface area contributed by atoms with Crippen LogP contribution >= 0.6 is 11.3 Å². The van der Waals surface area contributed by atoms with E-state index in [2.05, 4.69) is 15.5 Å². The Labute approximate surface area is 122 Å². The van der Waals surface area contributed by atoms with E-state index < -0.39 is 5.41 Å². The average Bonchev–Trinajstić information content (AvgIpc) is 2.80. The highest BCUT2D eigenvalue weighted by Gasteiger charge is 2.22. The van der Waals surface area contributed by atoms with Crippen LogP contribution in [0.4, 0.5) is 10.8 Å². The van der Waals surface area contributed by atoms with Crippen molar-refractivity contribution in [3.63, 3.8) is 0 Å². The molecule has 0 bridgehead atoms. The predicted molar refractivity (Wildman–Crippen MR) is 82.6 cm³/mol. The highest BCUT2D eigenvalue weighted by atomic mass is 32.1. The summed E-state index contributed by atoms with van der Waals surface area (Å²) in [4.78, 5) is 11.9. The smallest absolute Gasteiger partial charge is 0.231 e. The van der Waals surface area contributed by atoms with Crippen molar-refractivity contribution in [3.05, 3.63) is 23.8 Å². The average molecular weight is 290 g/mol. The summed E-state index contributed by atoms with van der Waals surface area (Å²) in [5.74, 6) is -0.0800. The molecule has 0 spiro atoms. The van der Waals surface area contributed by atoms with Crippen molar-refractivity contribution < 1.29 is 4.79 Å². The van der Waals surface area contributed by atoms with Crippen LogP contribution in [0.3, 0.4) is 0 Å². The lowest BCUT2D eigenvalue weighted by Crippen LogP contribution is -2.27. The van der Waals surface area contributed by atoms with Gasteiger partial charge in [0.1, 0.15) is 5.01 Å². The van der Waals surface area contributed by atoms with Crippen molar-refractivity contribution in [1.29, 1.82) is 0 Å². The number of amides is 1. The number of carbonyl (C=O) groups excluding carboxylic acids is 1. The number of anilines is 2. The van der Waals surface area contributed by atoms with E-state index in [0.29, 0.717) is 5.13 Å². The highest BCUT2D eigenvalue weighted by molar-refractivity contribution is 7.18. The van der Waals surface area contributed by atoms with E-state index in [1.54, 1.807) is 0 Å². The van der Waals surface area contributed by atoms with E-state index in [-0.39, 0.29) is 5.91 Å². The molecule has 0 aliphatic rings. The Balaban J connectivity index is 2.21. The van der Waals surface area contributed by atoms with Crippen LogP contribution in [0.15, 0.2) is 18.2 Å². The molecule has 5 nitrogen and oxygen atoms in total. The number of carbonyl (C=O) groups is 1. The zero-order valence-electron chi connectivity index (χ0n) is 12.0. The van der Waals surface area contributed by atoms with Crippen LogP contribution in [0.1, 0.15) is 26.3 Å². The van der Waals surface area contributed by atoms with Crippen LogP contribution in [-0.2, 0) is 4.79 Å². The van der Waals surface area contributed by atoms with Gasteiger partial charge >= 0.3 is 0 Å². The van der Waals surface area contributed by atoms with Gasteiger partial charge in [-0.1, -0.05) is 44.2 Å². The Hall–Kier alpha value is -1.95. The number of nitrogens with zero attached hydrogens (tertiary/aromatic N) is 2. The summed E-state index contributed by atoms with van der Waals surface area (Å²) in [6.45, 7) is 7.51. The maximum absolute atomic E-state index is 11.9. The van der Waals surface area contributed by atoms with Crippen molar-refractivity contribution in [2.75, 3.05) is 11.1 Å². The zero-order chi connectivity index (χ0) is 14.9. The minimum atomic E-state index is -0.458. The quantitative estimate of drug-likeness (QED) is 0.833. The molecule has 1 aromatic carbocycles. The molecule has 2 aromatic rings. The molecular weight excluding hydrogens is 272 g/mol. The second-order valence-corrected chi connectivity index (χ2v) is 6.67. The SMILES string of the molecule is Cc1ccc(-c2nnc(NC(=O)C(C)(C)C)s2)cc1N. The van der Waals surface area contributed by atoms with Crippen LogP contribution < -0.4 is 11.1 Å². The fourth-order valence-corrected chi connectivity index (χ4v) is 2.18. The van der Waals surface area contributed by atoms with Gasteiger partial charge in [-0.15, -0.1) is 10.2 Å². The number of hydrogen-bond acceptors (Lipinski definition) is 5. The molecule has 0 saturated heterocycles. The molecule has 0 saturated carbocycles. The number of rotatable bonds is 2. The van der Waals surface area contributed by atoms with Crippen LogP contribution in [0.2, 0.25) is 0 Å². The fourth-order valence-electron chi connectivity index (χ4n) is 1.45. The van der Waals surface area contributed by atoms with Crippen LogP contribution in [0.25, 0.3) is 10.6 Å². The van der Waals surface area contributed by atoms with Gasteiger partial charge < -0.3 is 11.1 Å². The van der Waals surface area contributed by atoms with E-state index in [1.807, 2.05) is 45.9 Å². The van der Waals surface area contributed by atoms with E-state index in [0.717, 1.165) is 21.8 Å². The van der Waals surface area contributed by atoms with Gasteiger partial charge in [0.05, 0.1) is 0 Å². The van der Waals surface area contributed by atoms with Crippen molar-refractivity contribution in [2.24, 2.45) is 5.41 Å². The summed E-state index contributed by atoms with van der Waals surface area (Å²) in [6.07, 6.45) is 0. The molecule has 3 N–H and O–H groups in total. The van der Waals surface area contributed by atoms with Gasteiger partial charge in [-0.05, 0) is 18.6 Å². The molecule has 1 aromatic heterocycles. The Morgan fingerprint density at radius 2 is 2.00 bits per heavy atom. The Morgan fingerprint density at radius 1 is 1.30 bits per heavy atom. The topological polar surface area (TPSA) is 80.9 Å². The molecule has 0 fully saturated rings. The van der Waals surface area contributed by atoms with E-state index in [9.17, 15) is 4.79 Å². The summed E-state index contributed by atoms with van der Waals surface area (Å²) in [6, 6.07) is 5.76. The molecule has 0 atom stereocenters. The van der Waals surface area contributed by atoms with Crippen molar-refractivity contribution in [3.8, 4) is 10.6 Å². The molecule has 2 rings (SSSR count). The number of hydrogen-bond donors (Lipinski definition) is 2. The van der Waals surface area contributed by atoms with Gasteiger partial charge in [-0.25, -0.2) is 0 Å². The number of nitrogens with two attached hydrogens (primary N) is 1. The summed E-state index contributed by atoms with van der Waals surface area (Å²) in [5.41, 5.74) is 8.08. The lowest BCUT2D eigenvalue weighted by atomic mass is 9.96. The number of aryl methyl sites for hydroxylation is 1. The van der Waals surface area contributed by atoms with E-state index in [1.165, 1.54) is 11.3 Å².